The lowest BCUT2D eigenvalue weighted by molar-refractivity contribution is -0.142. The Morgan fingerprint density at radius 2 is 1.08 bits per heavy atom. The summed E-state index contributed by atoms with van der Waals surface area (Å²) in [5.41, 5.74) is 10.1. The number of nitrogens with two attached hydrogens (primary N) is 1. The van der Waals surface area contributed by atoms with Gasteiger partial charge in [0.15, 0.2) is 0 Å². The monoisotopic (exact) mass is 661 g/mol. The fourth-order valence-corrected chi connectivity index (χ4v) is 5.64. The third-order valence-electron chi connectivity index (χ3n) is 8.27. The van der Waals surface area contributed by atoms with Crippen molar-refractivity contribution in [3.05, 3.63) is 138 Å². The number of carbonyl (C=O) groups is 4. The summed E-state index contributed by atoms with van der Waals surface area (Å²) in [5, 5.41) is 28.8. The molecule has 0 aliphatic heterocycles. The molecule has 8 N–H and O–H groups in total. The molecule has 5 aromatic rings. The van der Waals surface area contributed by atoms with Crippen LogP contribution in [0.25, 0.3) is 10.9 Å². The number of phenols is 1. The summed E-state index contributed by atoms with van der Waals surface area (Å²) in [6.45, 7) is 0. The number of carboxylic acids is 1. The van der Waals surface area contributed by atoms with Gasteiger partial charge in [-0.05, 0) is 46.9 Å². The zero-order valence-electron chi connectivity index (χ0n) is 26.7. The van der Waals surface area contributed by atoms with Gasteiger partial charge in [0.2, 0.25) is 17.7 Å². The smallest absolute Gasteiger partial charge is 0.326 e. The number of amides is 3. The molecule has 252 valence electrons. The lowest BCUT2D eigenvalue weighted by atomic mass is 10.00. The first-order valence-electron chi connectivity index (χ1n) is 16.0. The van der Waals surface area contributed by atoms with E-state index in [0.29, 0.717) is 11.1 Å². The molecule has 0 spiro atoms. The number of carbonyl (C=O) groups excluding carboxylic acids is 3. The van der Waals surface area contributed by atoms with Crippen LogP contribution in [-0.4, -0.2) is 63.1 Å². The summed E-state index contributed by atoms with van der Waals surface area (Å²) in [7, 11) is 0. The molecule has 0 radical (unpaired) electrons. The van der Waals surface area contributed by atoms with E-state index in [1.807, 2.05) is 54.6 Å². The van der Waals surface area contributed by atoms with E-state index < -0.39 is 47.9 Å². The molecule has 0 saturated heterocycles. The number of hydrogen-bond acceptors (Lipinski definition) is 6. The number of nitrogens with one attached hydrogen (secondary N) is 4. The van der Waals surface area contributed by atoms with E-state index in [0.717, 1.165) is 22.0 Å². The molecule has 1 heterocycles. The number of aliphatic carboxylic acids is 1. The number of aromatic amines is 1. The highest BCUT2D eigenvalue weighted by molar-refractivity contribution is 5.95. The molecule has 5 rings (SSSR count). The molecule has 0 saturated carbocycles. The van der Waals surface area contributed by atoms with E-state index in [4.69, 9.17) is 5.73 Å². The summed E-state index contributed by atoms with van der Waals surface area (Å²) in [5.74, 6) is -3.13. The fraction of sp³-hybridized carbons (Fsp3) is 0.211. The van der Waals surface area contributed by atoms with Gasteiger partial charge in [-0.25, -0.2) is 4.79 Å². The Morgan fingerprint density at radius 3 is 1.71 bits per heavy atom. The maximum Gasteiger partial charge on any atom is 0.326 e. The van der Waals surface area contributed by atoms with Crippen molar-refractivity contribution in [1.82, 2.24) is 20.9 Å². The predicted molar refractivity (Wildman–Crippen MR) is 186 cm³/mol. The van der Waals surface area contributed by atoms with Gasteiger partial charge in [-0.2, -0.15) is 0 Å². The van der Waals surface area contributed by atoms with Crippen LogP contribution in [0.1, 0.15) is 22.3 Å². The van der Waals surface area contributed by atoms with E-state index in [-0.39, 0.29) is 31.4 Å². The van der Waals surface area contributed by atoms with E-state index in [1.54, 1.807) is 48.7 Å². The third kappa shape index (κ3) is 9.55. The molecular formula is C38H39N5O6. The molecule has 4 aromatic carbocycles. The summed E-state index contributed by atoms with van der Waals surface area (Å²) < 4.78 is 0. The minimum Gasteiger partial charge on any atom is -0.508 e. The first kappa shape index (κ1) is 34.4. The van der Waals surface area contributed by atoms with Gasteiger partial charge >= 0.3 is 5.97 Å². The minimum atomic E-state index is -1.27. The molecule has 4 atom stereocenters. The van der Waals surface area contributed by atoms with Crippen LogP contribution >= 0.6 is 0 Å². The number of aromatic hydroxyl groups is 1. The number of fused-ring (bicyclic) bond motifs is 1. The van der Waals surface area contributed by atoms with E-state index in [1.165, 1.54) is 12.1 Å². The Morgan fingerprint density at radius 1 is 0.592 bits per heavy atom. The van der Waals surface area contributed by atoms with E-state index in [9.17, 15) is 29.4 Å². The van der Waals surface area contributed by atoms with E-state index >= 15 is 0 Å². The number of phenolic OH excluding ortho intramolecular Hbond substituents is 1. The fourth-order valence-electron chi connectivity index (χ4n) is 5.64. The maximum atomic E-state index is 14.1. The molecule has 1 aromatic heterocycles. The first-order valence-corrected chi connectivity index (χ1v) is 16.0. The standard InChI is InChI=1S/C38H39N5O6/c39-30(19-24-9-3-1-4-10-24)35(45)41-33(22-27-23-40-31-14-8-7-13-29(27)31)37(47)42-32(20-26-15-17-28(44)18-16-26)36(46)43-34(38(48)49)21-25-11-5-2-6-12-25/h1-18,23,30,32-34,40,44H,19-22,39H2,(H,41,45)(H,42,47)(H,43,46)(H,48,49). The molecule has 11 heteroatoms. The van der Waals surface area contributed by atoms with Gasteiger partial charge in [-0.1, -0.05) is 91.0 Å². The van der Waals surface area contributed by atoms with E-state index in [2.05, 4.69) is 20.9 Å². The second-order valence-corrected chi connectivity index (χ2v) is 11.9. The number of carboxylic acid groups (broad SMARTS) is 1. The second-order valence-electron chi connectivity index (χ2n) is 11.9. The Labute approximate surface area is 283 Å². The third-order valence-corrected chi connectivity index (χ3v) is 8.27. The highest BCUT2D eigenvalue weighted by Crippen LogP contribution is 2.20. The van der Waals surface area contributed by atoms with Crippen LogP contribution in [0.15, 0.2) is 115 Å². The van der Waals surface area contributed by atoms with Crippen LogP contribution in [0.3, 0.4) is 0 Å². The minimum absolute atomic E-state index is 0.0171. The number of benzene rings is 4. The van der Waals surface area contributed by atoms with Gasteiger partial charge in [0.1, 0.15) is 23.9 Å². The molecule has 0 aliphatic carbocycles. The normalized spacial score (nSPS) is 13.5. The van der Waals surface area contributed by atoms with Crippen molar-refractivity contribution in [2.75, 3.05) is 0 Å². The Hall–Kier alpha value is -5.94. The maximum absolute atomic E-state index is 14.1. The summed E-state index contributed by atoms with van der Waals surface area (Å²) in [6, 6.07) is 27.2. The van der Waals surface area contributed by atoms with Gasteiger partial charge in [0.05, 0.1) is 6.04 Å². The van der Waals surface area contributed by atoms with Crippen LogP contribution < -0.4 is 21.7 Å². The molecule has 4 unspecified atom stereocenters. The summed E-state index contributed by atoms with van der Waals surface area (Å²) in [6.07, 6.45) is 2.11. The van der Waals surface area contributed by atoms with Crippen molar-refractivity contribution < 1.29 is 29.4 Å². The lowest BCUT2D eigenvalue weighted by Crippen LogP contribution is -2.58. The molecule has 11 nitrogen and oxygen atoms in total. The Kier molecular flexibility index (Phi) is 11.4. The second kappa shape index (κ2) is 16.2. The SMILES string of the molecule is NC(Cc1ccccc1)C(=O)NC(Cc1c[nH]c2ccccc12)C(=O)NC(Cc1ccc(O)cc1)C(=O)NC(Cc1ccccc1)C(=O)O. The quantitative estimate of drug-likeness (QED) is 0.0899. The highest BCUT2D eigenvalue weighted by Gasteiger charge is 2.31. The number of aromatic nitrogens is 1. The largest absolute Gasteiger partial charge is 0.508 e. The summed E-state index contributed by atoms with van der Waals surface area (Å²) in [4.78, 5) is 56.6. The van der Waals surface area contributed by atoms with Crippen molar-refractivity contribution in [2.45, 2.75) is 49.9 Å². The molecular weight excluding hydrogens is 622 g/mol. The van der Waals surface area contributed by atoms with Crippen molar-refractivity contribution >= 4 is 34.6 Å². The van der Waals surface area contributed by atoms with Crippen molar-refractivity contribution in [3.8, 4) is 5.75 Å². The van der Waals surface area contributed by atoms with Crippen LogP contribution in [0.2, 0.25) is 0 Å². The molecule has 0 bridgehead atoms. The molecule has 49 heavy (non-hydrogen) atoms. The number of hydrogen-bond donors (Lipinski definition) is 7. The highest BCUT2D eigenvalue weighted by atomic mass is 16.4. The zero-order chi connectivity index (χ0) is 34.8. The lowest BCUT2D eigenvalue weighted by Gasteiger charge is -2.25. The van der Waals surface area contributed by atoms with Gasteiger partial charge in [-0.15, -0.1) is 0 Å². The average Bonchev–Trinajstić information content (AvgIpc) is 3.51. The van der Waals surface area contributed by atoms with Crippen LogP contribution in [0, 0.1) is 0 Å². The molecule has 0 fully saturated rings. The van der Waals surface area contributed by atoms with Crippen molar-refractivity contribution in [3.63, 3.8) is 0 Å². The van der Waals surface area contributed by atoms with Crippen LogP contribution in [0.4, 0.5) is 0 Å². The Balaban J connectivity index is 1.39. The Bertz CT molecular complexity index is 1880. The van der Waals surface area contributed by atoms with Crippen LogP contribution in [-0.2, 0) is 44.9 Å². The van der Waals surface area contributed by atoms with Gasteiger partial charge < -0.3 is 36.9 Å². The molecule has 3 amide bonds. The molecule has 0 aliphatic rings. The number of rotatable bonds is 15. The van der Waals surface area contributed by atoms with Crippen LogP contribution in [0.5, 0.6) is 5.75 Å². The predicted octanol–water partition coefficient (Wildman–Crippen LogP) is 3.01. The number of para-hydroxylation sites is 1. The van der Waals surface area contributed by atoms with Gasteiger partial charge in [-0.3, -0.25) is 14.4 Å². The first-order chi connectivity index (χ1) is 23.7. The average molecular weight is 662 g/mol. The summed E-state index contributed by atoms with van der Waals surface area (Å²) >= 11 is 0. The number of H-pyrrole nitrogens is 1. The van der Waals surface area contributed by atoms with Crippen molar-refractivity contribution in [1.29, 1.82) is 0 Å². The van der Waals surface area contributed by atoms with Gasteiger partial charge in [0.25, 0.3) is 0 Å². The topological polar surface area (TPSA) is 187 Å². The van der Waals surface area contributed by atoms with Crippen molar-refractivity contribution in [2.24, 2.45) is 5.73 Å². The van der Waals surface area contributed by atoms with Gasteiger partial charge in [0, 0.05) is 36.4 Å². The zero-order valence-corrected chi connectivity index (χ0v) is 26.7.